The second-order valence-corrected chi connectivity index (χ2v) is 6.67. The maximum absolute atomic E-state index is 12.6. The Morgan fingerprint density at radius 1 is 1.23 bits per heavy atom. The van der Waals surface area contributed by atoms with Gasteiger partial charge in [0, 0.05) is 11.1 Å². The van der Waals surface area contributed by atoms with Crippen molar-refractivity contribution >= 4 is 5.91 Å². The number of aromatic amines is 1. The summed E-state index contributed by atoms with van der Waals surface area (Å²) in [5, 5.41) is 19.6. The number of hydrogen-bond donors (Lipinski definition) is 3. The van der Waals surface area contributed by atoms with Crippen LogP contribution in [0.25, 0.3) is 11.3 Å². The van der Waals surface area contributed by atoms with Gasteiger partial charge in [-0.25, -0.2) is 9.97 Å². The van der Waals surface area contributed by atoms with E-state index >= 15 is 0 Å². The molecule has 3 N–H and O–H groups in total. The average Bonchev–Trinajstić information content (AvgIpc) is 3.12. The molecule has 7 heteroatoms. The third-order valence-electron chi connectivity index (χ3n) is 3.94. The third kappa shape index (κ3) is 4.12. The number of nitrogens with one attached hydrogen (secondary N) is 2. The van der Waals surface area contributed by atoms with Gasteiger partial charge in [0.1, 0.15) is 17.8 Å². The van der Waals surface area contributed by atoms with Crippen molar-refractivity contribution in [1.82, 2.24) is 25.5 Å². The SMILES string of the molecule is Cc1ccc(-c2cc(C(=O)NCc3ncn[nH]3)cc(C(C)(C)O)n2)cc1. The fourth-order valence-corrected chi connectivity index (χ4v) is 2.43. The van der Waals surface area contributed by atoms with E-state index in [0.29, 0.717) is 22.8 Å². The minimum atomic E-state index is -1.17. The predicted molar refractivity (Wildman–Crippen MR) is 97.2 cm³/mol. The average molecular weight is 351 g/mol. The first-order valence-electron chi connectivity index (χ1n) is 8.27. The zero-order valence-corrected chi connectivity index (χ0v) is 14.9. The molecule has 7 nitrogen and oxygen atoms in total. The summed E-state index contributed by atoms with van der Waals surface area (Å²) in [4.78, 5) is 21.1. The Labute approximate surface area is 151 Å². The van der Waals surface area contributed by atoms with Crippen molar-refractivity contribution in [1.29, 1.82) is 0 Å². The first kappa shape index (κ1) is 17.8. The quantitative estimate of drug-likeness (QED) is 0.654. The first-order valence-corrected chi connectivity index (χ1v) is 8.27. The largest absolute Gasteiger partial charge is 0.384 e. The van der Waals surface area contributed by atoms with Crippen LogP contribution >= 0.6 is 0 Å². The van der Waals surface area contributed by atoms with Crippen LogP contribution < -0.4 is 5.32 Å². The van der Waals surface area contributed by atoms with Crippen LogP contribution in [0.4, 0.5) is 0 Å². The Morgan fingerprint density at radius 3 is 2.58 bits per heavy atom. The molecule has 26 heavy (non-hydrogen) atoms. The van der Waals surface area contributed by atoms with E-state index in [1.165, 1.54) is 6.33 Å². The van der Waals surface area contributed by atoms with Crippen LogP contribution in [-0.4, -0.2) is 31.2 Å². The Kier molecular flexibility index (Phi) is 4.81. The molecule has 3 aromatic rings. The van der Waals surface area contributed by atoms with Crippen LogP contribution in [-0.2, 0) is 12.1 Å². The van der Waals surface area contributed by atoms with Crippen molar-refractivity contribution < 1.29 is 9.90 Å². The van der Waals surface area contributed by atoms with Crippen molar-refractivity contribution in [3.8, 4) is 11.3 Å². The maximum Gasteiger partial charge on any atom is 0.251 e. The number of benzene rings is 1. The first-order chi connectivity index (χ1) is 12.3. The highest BCUT2D eigenvalue weighted by Gasteiger charge is 2.21. The van der Waals surface area contributed by atoms with E-state index < -0.39 is 5.60 Å². The lowest BCUT2D eigenvalue weighted by Gasteiger charge is -2.19. The Bertz CT molecular complexity index is 897. The van der Waals surface area contributed by atoms with Crippen molar-refractivity contribution in [2.45, 2.75) is 32.9 Å². The van der Waals surface area contributed by atoms with Gasteiger partial charge in [0.15, 0.2) is 0 Å². The van der Waals surface area contributed by atoms with Gasteiger partial charge in [-0.1, -0.05) is 29.8 Å². The summed E-state index contributed by atoms with van der Waals surface area (Å²) in [6.45, 7) is 5.53. The van der Waals surface area contributed by atoms with Crippen molar-refractivity contribution in [2.75, 3.05) is 0 Å². The van der Waals surface area contributed by atoms with Gasteiger partial charge in [0.2, 0.25) is 0 Å². The molecule has 0 radical (unpaired) electrons. The fourth-order valence-electron chi connectivity index (χ4n) is 2.43. The van der Waals surface area contributed by atoms with Crippen molar-refractivity contribution in [3.05, 3.63) is 65.4 Å². The van der Waals surface area contributed by atoms with E-state index in [1.807, 2.05) is 31.2 Å². The molecule has 0 bridgehead atoms. The number of hydrogen-bond acceptors (Lipinski definition) is 5. The lowest BCUT2D eigenvalue weighted by molar-refractivity contribution is 0.0738. The second-order valence-electron chi connectivity index (χ2n) is 6.67. The number of H-pyrrole nitrogens is 1. The van der Waals surface area contributed by atoms with E-state index in [-0.39, 0.29) is 12.5 Å². The molecule has 134 valence electrons. The molecule has 0 spiro atoms. The molecule has 1 aromatic carbocycles. The van der Waals surface area contributed by atoms with Crippen LogP contribution in [0.5, 0.6) is 0 Å². The maximum atomic E-state index is 12.6. The van der Waals surface area contributed by atoms with Crippen LogP contribution in [0.3, 0.4) is 0 Å². The third-order valence-corrected chi connectivity index (χ3v) is 3.94. The van der Waals surface area contributed by atoms with Gasteiger partial charge in [-0.15, -0.1) is 0 Å². The summed E-state index contributed by atoms with van der Waals surface area (Å²) in [5.74, 6) is 0.288. The molecular formula is C19H21N5O2. The lowest BCUT2D eigenvalue weighted by Crippen LogP contribution is -2.25. The molecule has 1 amide bonds. The van der Waals surface area contributed by atoms with Crippen LogP contribution in [0.1, 0.15) is 41.3 Å². The molecule has 0 aliphatic carbocycles. The van der Waals surface area contributed by atoms with Crippen molar-refractivity contribution in [3.63, 3.8) is 0 Å². The molecule has 0 unspecified atom stereocenters. The molecule has 2 heterocycles. The van der Waals surface area contributed by atoms with Gasteiger partial charge in [-0.2, -0.15) is 5.10 Å². The molecule has 0 aliphatic rings. The zero-order valence-electron chi connectivity index (χ0n) is 14.9. The predicted octanol–water partition coefficient (Wildman–Crippen LogP) is 2.33. The Balaban J connectivity index is 1.94. The van der Waals surface area contributed by atoms with E-state index in [2.05, 4.69) is 25.5 Å². The summed E-state index contributed by atoms with van der Waals surface area (Å²) in [5.41, 5.74) is 2.34. The standard InChI is InChI=1S/C19H21N5O2/c1-12-4-6-13(7-5-12)15-8-14(9-16(23-15)19(2,3)26)18(25)20-10-17-21-11-22-24-17/h4-9,11,26H,10H2,1-3H3,(H,20,25)(H,21,22,24). The summed E-state index contributed by atoms with van der Waals surface area (Å²) in [6.07, 6.45) is 1.38. The van der Waals surface area contributed by atoms with Gasteiger partial charge in [-0.05, 0) is 32.9 Å². The highest BCUT2D eigenvalue weighted by Crippen LogP contribution is 2.25. The molecule has 2 aromatic heterocycles. The number of amides is 1. The summed E-state index contributed by atoms with van der Waals surface area (Å²) >= 11 is 0. The molecule has 0 saturated carbocycles. The van der Waals surface area contributed by atoms with Crippen LogP contribution in [0.15, 0.2) is 42.7 Å². The number of carbonyl (C=O) groups excluding carboxylic acids is 1. The minimum Gasteiger partial charge on any atom is -0.384 e. The number of carbonyl (C=O) groups is 1. The van der Waals surface area contributed by atoms with Gasteiger partial charge in [-0.3, -0.25) is 9.89 Å². The van der Waals surface area contributed by atoms with E-state index in [1.54, 1.807) is 26.0 Å². The van der Waals surface area contributed by atoms with Crippen LogP contribution in [0.2, 0.25) is 0 Å². The number of nitrogens with zero attached hydrogens (tertiary/aromatic N) is 3. The van der Waals surface area contributed by atoms with Gasteiger partial charge in [0.25, 0.3) is 5.91 Å². The molecule has 0 saturated heterocycles. The minimum absolute atomic E-state index is 0.235. The summed E-state index contributed by atoms with van der Waals surface area (Å²) in [6, 6.07) is 11.2. The number of aryl methyl sites for hydroxylation is 1. The zero-order chi connectivity index (χ0) is 18.7. The fraction of sp³-hybridized carbons (Fsp3) is 0.263. The molecule has 3 rings (SSSR count). The Morgan fingerprint density at radius 2 is 1.96 bits per heavy atom. The topological polar surface area (TPSA) is 104 Å². The molecule has 0 fully saturated rings. The molecule has 0 atom stereocenters. The second kappa shape index (κ2) is 7.05. The van der Waals surface area contributed by atoms with Gasteiger partial charge in [0.05, 0.1) is 17.9 Å². The number of aromatic nitrogens is 4. The van der Waals surface area contributed by atoms with Crippen molar-refractivity contribution in [2.24, 2.45) is 0 Å². The van der Waals surface area contributed by atoms with E-state index in [0.717, 1.165) is 11.1 Å². The van der Waals surface area contributed by atoms with E-state index in [4.69, 9.17) is 0 Å². The highest BCUT2D eigenvalue weighted by atomic mass is 16.3. The van der Waals surface area contributed by atoms with E-state index in [9.17, 15) is 9.90 Å². The Hall–Kier alpha value is -3.06. The monoisotopic (exact) mass is 351 g/mol. The number of rotatable bonds is 5. The highest BCUT2D eigenvalue weighted by molar-refractivity contribution is 5.95. The number of aliphatic hydroxyl groups is 1. The summed E-state index contributed by atoms with van der Waals surface area (Å²) < 4.78 is 0. The molecule has 0 aliphatic heterocycles. The lowest BCUT2D eigenvalue weighted by atomic mass is 9.99. The van der Waals surface area contributed by atoms with Crippen LogP contribution in [0, 0.1) is 6.92 Å². The van der Waals surface area contributed by atoms with Gasteiger partial charge < -0.3 is 10.4 Å². The van der Waals surface area contributed by atoms with Gasteiger partial charge >= 0.3 is 0 Å². The normalized spacial score (nSPS) is 11.4. The summed E-state index contributed by atoms with van der Waals surface area (Å²) in [7, 11) is 0. The number of pyridine rings is 1. The smallest absolute Gasteiger partial charge is 0.251 e. The molecular weight excluding hydrogens is 330 g/mol.